The molecule has 0 amide bonds. The van der Waals surface area contributed by atoms with Crippen LogP contribution in [0.2, 0.25) is 0 Å². The summed E-state index contributed by atoms with van der Waals surface area (Å²) in [6.07, 6.45) is 3.71. The Balaban J connectivity index is 2.57. The number of hydrogen-bond donors (Lipinski definition) is 1. The van der Waals surface area contributed by atoms with Crippen LogP contribution in [0.1, 0.15) is 5.56 Å². The van der Waals surface area contributed by atoms with Gasteiger partial charge in [0.1, 0.15) is 11.0 Å². The molecule has 2 aromatic rings. The zero-order chi connectivity index (χ0) is 13.3. The highest BCUT2D eigenvalue weighted by Crippen LogP contribution is 2.18. The second-order valence-corrected chi connectivity index (χ2v) is 5.80. The molecule has 1 aromatic carbocycles. The summed E-state index contributed by atoms with van der Waals surface area (Å²) in [6, 6.07) is 6.74. The van der Waals surface area contributed by atoms with Gasteiger partial charge in [-0.15, -0.1) is 0 Å². The van der Waals surface area contributed by atoms with Gasteiger partial charge in [-0.25, -0.2) is 13.1 Å². The first-order chi connectivity index (χ1) is 8.41. The smallest absolute Gasteiger partial charge is 0.178 e. The lowest BCUT2D eigenvalue weighted by Gasteiger charge is -2.04. The summed E-state index contributed by atoms with van der Waals surface area (Å²) in [5.41, 5.74) is 6.86. The number of nitrogens with two attached hydrogens (primary N) is 1. The molecular formula is C11H10N4O2S. The molecule has 0 aliphatic carbocycles. The van der Waals surface area contributed by atoms with E-state index in [2.05, 4.69) is 5.10 Å². The standard InChI is InChI=1S/C11H10N4O2S/c1-18(16,17)10-6-14-15(7-10)11-3-2-9(13)4-8(11)5-12/h2-4,6-7H,13H2,1H3. The summed E-state index contributed by atoms with van der Waals surface area (Å²) in [6.45, 7) is 0. The van der Waals surface area contributed by atoms with Crippen molar-refractivity contribution in [3.8, 4) is 11.8 Å². The maximum atomic E-state index is 11.3. The van der Waals surface area contributed by atoms with E-state index in [0.717, 1.165) is 6.26 Å². The highest BCUT2D eigenvalue weighted by Gasteiger charge is 2.12. The van der Waals surface area contributed by atoms with Crippen molar-refractivity contribution >= 4 is 15.5 Å². The van der Waals surface area contributed by atoms with Crippen LogP contribution >= 0.6 is 0 Å². The Morgan fingerprint density at radius 2 is 2.17 bits per heavy atom. The fourth-order valence-corrected chi connectivity index (χ4v) is 2.00. The van der Waals surface area contributed by atoms with Crippen LogP contribution in [0.5, 0.6) is 0 Å². The number of rotatable bonds is 2. The summed E-state index contributed by atoms with van der Waals surface area (Å²) in [5.74, 6) is 0. The molecule has 0 saturated heterocycles. The van der Waals surface area contributed by atoms with Crippen molar-refractivity contribution < 1.29 is 8.42 Å². The molecule has 0 radical (unpaired) electrons. The second kappa shape index (κ2) is 4.16. The van der Waals surface area contributed by atoms with E-state index < -0.39 is 9.84 Å². The van der Waals surface area contributed by atoms with E-state index in [1.54, 1.807) is 12.1 Å². The largest absolute Gasteiger partial charge is 0.399 e. The van der Waals surface area contributed by atoms with E-state index >= 15 is 0 Å². The van der Waals surface area contributed by atoms with Crippen molar-refractivity contribution in [1.29, 1.82) is 5.26 Å². The SMILES string of the molecule is CS(=O)(=O)c1cnn(-c2ccc(N)cc2C#N)c1. The lowest BCUT2D eigenvalue weighted by molar-refractivity contribution is 0.602. The Labute approximate surface area is 104 Å². The summed E-state index contributed by atoms with van der Waals surface area (Å²) < 4.78 is 24.0. The Morgan fingerprint density at radius 1 is 1.44 bits per heavy atom. The monoisotopic (exact) mass is 262 g/mol. The van der Waals surface area contributed by atoms with Crippen molar-refractivity contribution in [2.75, 3.05) is 12.0 Å². The van der Waals surface area contributed by atoms with Crippen LogP contribution in [-0.2, 0) is 9.84 Å². The number of hydrogen-bond acceptors (Lipinski definition) is 5. The summed E-state index contributed by atoms with van der Waals surface area (Å²) in [5, 5.41) is 12.9. The van der Waals surface area contributed by atoms with Crippen molar-refractivity contribution in [1.82, 2.24) is 9.78 Å². The summed E-state index contributed by atoms with van der Waals surface area (Å²) >= 11 is 0. The average Bonchev–Trinajstić information content (AvgIpc) is 2.77. The van der Waals surface area contributed by atoms with Crippen LogP contribution in [0.25, 0.3) is 5.69 Å². The molecule has 0 bridgehead atoms. The van der Waals surface area contributed by atoms with Gasteiger partial charge in [-0.3, -0.25) is 0 Å². The van der Waals surface area contributed by atoms with Gasteiger partial charge in [0.15, 0.2) is 9.84 Å². The predicted octanol–water partition coefficient (Wildman–Crippen LogP) is 0.730. The summed E-state index contributed by atoms with van der Waals surface area (Å²) in [7, 11) is -3.31. The first-order valence-corrected chi connectivity index (χ1v) is 6.85. The molecule has 1 heterocycles. The van der Waals surface area contributed by atoms with E-state index in [4.69, 9.17) is 11.0 Å². The van der Waals surface area contributed by atoms with Crippen LogP contribution in [0, 0.1) is 11.3 Å². The van der Waals surface area contributed by atoms with Crippen molar-refractivity contribution in [3.63, 3.8) is 0 Å². The molecular weight excluding hydrogens is 252 g/mol. The Morgan fingerprint density at radius 3 is 2.72 bits per heavy atom. The Hall–Kier alpha value is -2.33. The molecule has 0 atom stereocenters. The van der Waals surface area contributed by atoms with E-state index in [1.165, 1.54) is 23.1 Å². The molecule has 2 rings (SSSR count). The molecule has 0 fully saturated rings. The fourth-order valence-electron chi connectivity index (χ4n) is 1.47. The highest BCUT2D eigenvalue weighted by molar-refractivity contribution is 7.90. The van der Waals surface area contributed by atoms with Crippen LogP contribution in [0.15, 0.2) is 35.5 Å². The van der Waals surface area contributed by atoms with E-state index in [9.17, 15) is 8.42 Å². The molecule has 1 aromatic heterocycles. The lowest BCUT2D eigenvalue weighted by atomic mass is 10.2. The quantitative estimate of drug-likeness (QED) is 0.804. The third-order valence-electron chi connectivity index (χ3n) is 2.37. The average molecular weight is 262 g/mol. The molecule has 18 heavy (non-hydrogen) atoms. The number of benzene rings is 1. The third kappa shape index (κ3) is 2.19. The zero-order valence-electron chi connectivity index (χ0n) is 9.53. The Kier molecular flexibility index (Phi) is 2.80. The molecule has 0 aliphatic heterocycles. The van der Waals surface area contributed by atoms with Gasteiger partial charge in [0.05, 0.1) is 17.4 Å². The normalized spacial score (nSPS) is 11.1. The van der Waals surface area contributed by atoms with Gasteiger partial charge in [0.25, 0.3) is 0 Å². The third-order valence-corrected chi connectivity index (χ3v) is 3.44. The predicted molar refractivity (Wildman–Crippen MR) is 65.8 cm³/mol. The first-order valence-electron chi connectivity index (χ1n) is 4.96. The second-order valence-electron chi connectivity index (χ2n) is 3.78. The van der Waals surface area contributed by atoms with Crippen molar-refractivity contribution in [3.05, 3.63) is 36.2 Å². The first kappa shape index (κ1) is 12.1. The van der Waals surface area contributed by atoms with Gasteiger partial charge < -0.3 is 5.73 Å². The Bertz CT molecular complexity index is 741. The molecule has 7 heteroatoms. The fraction of sp³-hybridized carbons (Fsp3) is 0.0909. The zero-order valence-corrected chi connectivity index (χ0v) is 10.3. The molecule has 92 valence electrons. The molecule has 0 aliphatic rings. The molecule has 0 spiro atoms. The lowest BCUT2D eigenvalue weighted by Crippen LogP contribution is -1.99. The van der Waals surface area contributed by atoms with Crippen LogP contribution in [-0.4, -0.2) is 24.5 Å². The van der Waals surface area contributed by atoms with Crippen LogP contribution < -0.4 is 5.73 Å². The molecule has 2 N–H and O–H groups in total. The maximum Gasteiger partial charge on any atom is 0.178 e. The minimum absolute atomic E-state index is 0.100. The highest BCUT2D eigenvalue weighted by atomic mass is 32.2. The van der Waals surface area contributed by atoms with E-state index in [0.29, 0.717) is 16.9 Å². The molecule has 0 unspecified atom stereocenters. The number of nitriles is 1. The van der Waals surface area contributed by atoms with Crippen LogP contribution in [0.3, 0.4) is 0 Å². The number of sulfone groups is 1. The van der Waals surface area contributed by atoms with Crippen molar-refractivity contribution in [2.24, 2.45) is 0 Å². The van der Waals surface area contributed by atoms with Crippen LogP contribution in [0.4, 0.5) is 5.69 Å². The number of nitrogen functional groups attached to an aromatic ring is 1. The number of anilines is 1. The maximum absolute atomic E-state index is 11.3. The van der Waals surface area contributed by atoms with Crippen molar-refractivity contribution in [2.45, 2.75) is 4.90 Å². The minimum atomic E-state index is -3.31. The van der Waals surface area contributed by atoms with Gasteiger partial charge in [-0.2, -0.15) is 10.4 Å². The van der Waals surface area contributed by atoms with Gasteiger partial charge in [-0.05, 0) is 18.2 Å². The van der Waals surface area contributed by atoms with Gasteiger partial charge in [0.2, 0.25) is 0 Å². The van der Waals surface area contributed by atoms with E-state index in [-0.39, 0.29) is 4.90 Å². The van der Waals surface area contributed by atoms with Gasteiger partial charge in [-0.1, -0.05) is 0 Å². The van der Waals surface area contributed by atoms with E-state index in [1.807, 2.05) is 6.07 Å². The number of aromatic nitrogens is 2. The summed E-state index contributed by atoms with van der Waals surface area (Å²) in [4.78, 5) is 0.100. The molecule has 6 nitrogen and oxygen atoms in total. The number of nitrogens with zero attached hydrogens (tertiary/aromatic N) is 3. The topological polar surface area (TPSA) is 102 Å². The van der Waals surface area contributed by atoms with Gasteiger partial charge >= 0.3 is 0 Å². The van der Waals surface area contributed by atoms with Gasteiger partial charge in [0, 0.05) is 18.1 Å². The minimum Gasteiger partial charge on any atom is -0.399 e. The molecule has 0 saturated carbocycles.